The number of aromatic nitrogens is 4. The van der Waals surface area contributed by atoms with E-state index in [-0.39, 0.29) is 0 Å². The molecule has 0 fully saturated rings. The van der Waals surface area contributed by atoms with E-state index in [1.165, 1.54) is 0 Å². The molecule has 0 aliphatic rings. The molecule has 0 amide bonds. The summed E-state index contributed by atoms with van der Waals surface area (Å²) in [6, 6.07) is 2.03. The van der Waals surface area contributed by atoms with Gasteiger partial charge in [-0.2, -0.15) is 0 Å². The van der Waals surface area contributed by atoms with Crippen molar-refractivity contribution in [1.82, 2.24) is 19.8 Å². The Hall–Kier alpha value is -0.970. The van der Waals surface area contributed by atoms with Crippen LogP contribution in [-0.4, -0.2) is 25.6 Å². The molecular weight excluding hydrogens is 184 g/mol. The van der Waals surface area contributed by atoms with Crippen LogP contribution in [0, 0.1) is 0 Å². The fourth-order valence-electron chi connectivity index (χ4n) is 1.26. The van der Waals surface area contributed by atoms with Gasteiger partial charge in [0.05, 0.1) is 5.03 Å². The zero-order valence-electron chi connectivity index (χ0n) is 7.74. The molecule has 0 aliphatic heterocycles. The molecule has 0 saturated heterocycles. The first kappa shape index (κ1) is 8.62. The van der Waals surface area contributed by atoms with Gasteiger partial charge in [-0.25, -0.2) is 4.52 Å². The summed E-state index contributed by atoms with van der Waals surface area (Å²) in [4.78, 5) is 0. The summed E-state index contributed by atoms with van der Waals surface area (Å²) in [5.41, 5.74) is 0.910. The number of thioether (sulfide) groups is 1. The molecule has 0 aromatic carbocycles. The third-order valence-electron chi connectivity index (χ3n) is 1.85. The lowest BCUT2D eigenvalue weighted by Crippen LogP contribution is -1.92. The Morgan fingerprint density at radius 1 is 1.46 bits per heavy atom. The molecular formula is C8H12N4S. The average molecular weight is 196 g/mol. The summed E-state index contributed by atoms with van der Waals surface area (Å²) in [5, 5.41) is 12.5. The molecule has 70 valence electrons. The van der Waals surface area contributed by atoms with Gasteiger partial charge in [0.25, 0.3) is 0 Å². The number of rotatable bonds is 3. The normalized spacial score (nSPS) is 11.2. The topological polar surface area (TPSA) is 46.0 Å². The molecule has 0 saturated carbocycles. The van der Waals surface area contributed by atoms with Crippen LogP contribution in [0.3, 0.4) is 0 Å². The average Bonchev–Trinajstić information content (AvgIpc) is 2.63. The summed E-state index contributed by atoms with van der Waals surface area (Å²) >= 11 is 1.78. The first-order valence-electron chi connectivity index (χ1n) is 4.41. The van der Waals surface area contributed by atoms with Crippen LogP contribution in [-0.2, 0) is 6.42 Å². The lowest BCUT2D eigenvalue weighted by Gasteiger charge is -1.92. The van der Waals surface area contributed by atoms with Crippen LogP contribution >= 0.6 is 11.8 Å². The van der Waals surface area contributed by atoms with E-state index in [1.54, 1.807) is 11.8 Å². The van der Waals surface area contributed by atoms with Crippen LogP contribution in [0.2, 0.25) is 0 Å². The van der Waals surface area contributed by atoms with Crippen LogP contribution < -0.4 is 0 Å². The number of H-pyrrole nitrogens is 1. The van der Waals surface area contributed by atoms with Gasteiger partial charge in [-0.3, -0.25) is 5.10 Å². The van der Waals surface area contributed by atoms with Gasteiger partial charge in [-0.05, 0) is 5.75 Å². The van der Waals surface area contributed by atoms with Crippen molar-refractivity contribution in [3.05, 3.63) is 11.9 Å². The molecule has 4 nitrogen and oxygen atoms in total. The molecule has 5 heteroatoms. The Morgan fingerprint density at radius 3 is 3.00 bits per heavy atom. The van der Waals surface area contributed by atoms with Crippen LogP contribution in [0.25, 0.3) is 5.65 Å². The van der Waals surface area contributed by atoms with Gasteiger partial charge in [0, 0.05) is 12.5 Å². The van der Waals surface area contributed by atoms with Crippen molar-refractivity contribution in [3.8, 4) is 0 Å². The number of hydrogen-bond acceptors (Lipinski definition) is 3. The van der Waals surface area contributed by atoms with Gasteiger partial charge in [0.15, 0.2) is 11.5 Å². The van der Waals surface area contributed by atoms with Crippen molar-refractivity contribution in [2.45, 2.75) is 25.3 Å². The molecule has 0 aliphatic carbocycles. The van der Waals surface area contributed by atoms with Crippen LogP contribution in [0.4, 0.5) is 0 Å². The minimum Gasteiger partial charge on any atom is -0.285 e. The Kier molecular flexibility index (Phi) is 2.26. The first-order valence-corrected chi connectivity index (χ1v) is 5.39. The van der Waals surface area contributed by atoms with Crippen LogP contribution in [0.15, 0.2) is 11.1 Å². The van der Waals surface area contributed by atoms with Gasteiger partial charge in [0.2, 0.25) is 0 Å². The van der Waals surface area contributed by atoms with E-state index in [0.717, 1.165) is 28.7 Å². The zero-order valence-corrected chi connectivity index (χ0v) is 8.56. The molecule has 0 spiro atoms. The van der Waals surface area contributed by atoms with E-state index in [0.29, 0.717) is 0 Å². The monoisotopic (exact) mass is 196 g/mol. The first-order chi connectivity index (χ1) is 6.35. The van der Waals surface area contributed by atoms with E-state index in [1.807, 2.05) is 10.6 Å². The van der Waals surface area contributed by atoms with Crippen molar-refractivity contribution in [2.24, 2.45) is 0 Å². The lowest BCUT2D eigenvalue weighted by molar-refractivity contribution is 0.806. The van der Waals surface area contributed by atoms with Crippen LogP contribution in [0.5, 0.6) is 0 Å². The van der Waals surface area contributed by atoms with Crippen molar-refractivity contribution in [3.63, 3.8) is 0 Å². The second kappa shape index (κ2) is 3.41. The largest absolute Gasteiger partial charge is 0.285 e. The molecule has 0 bridgehead atoms. The minimum absolute atomic E-state index is 0.901. The molecule has 13 heavy (non-hydrogen) atoms. The van der Waals surface area contributed by atoms with Gasteiger partial charge in [0.1, 0.15) is 0 Å². The second-order valence-corrected chi connectivity index (χ2v) is 4.02. The summed E-state index contributed by atoms with van der Waals surface area (Å²) in [5.74, 6) is 2.05. The van der Waals surface area contributed by atoms with E-state index < -0.39 is 0 Å². The number of fused-ring (bicyclic) bond motifs is 1. The van der Waals surface area contributed by atoms with Gasteiger partial charge in [-0.1, -0.05) is 13.8 Å². The highest BCUT2D eigenvalue weighted by molar-refractivity contribution is 7.99. The van der Waals surface area contributed by atoms with Gasteiger partial charge < -0.3 is 0 Å². The Bertz CT molecular complexity index is 403. The highest BCUT2D eigenvalue weighted by atomic mass is 32.2. The van der Waals surface area contributed by atoms with Crippen molar-refractivity contribution in [1.29, 1.82) is 0 Å². The van der Waals surface area contributed by atoms with Gasteiger partial charge >= 0.3 is 0 Å². The Balaban J connectivity index is 2.44. The molecule has 2 heterocycles. The highest BCUT2D eigenvalue weighted by Gasteiger charge is 2.06. The lowest BCUT2D eigenvalue weighted by atomic mass is 10.5. The number of aromatic amines is 1. The Labute approximate surface area is 80.7 Å². The van der Waals surface area contributed by atoms with Gasteiger partial charge in [-0.15, -0.1) is 22.0 Å². The van der Waals surface area contributed by atoms with Crippen molar-refractivity contribution in [2.75, 3.05) is 5.75 Å². The predicted molar refractivity (Wildman–Crippen MR) is 53.1 cm³/mol. The fourth-order valence-corrected chi connectivity index (χ4v) is 1.92. The number of nitrogens with one attached hydrogen (secondary N) is 1. The molecule has 2 rings (SSSR count). The molecule has 0 atom stereocenters. The Morgan fingerprint density at radius 2 is 2.31 bits per heavy atom. The maximum Gasteiger partial charge on any atom is 0.178 e. The SMILES string of the molecule is CCSc1cc2nnc(CC)n2[nH]1. The third kappa shape index (κ3) is 1.44. The fraction of sp³-hybridized carbons (Fsp3) is 0.500. The quantitative estimate of drug-likeness (QED) is 0.760. The van der Waals surface area contributed by atoms with E-state index in [4.69, 9.17) is 0 Å². The summed E-state index contributed by atoms with van der Waals surface area (Å²) < 4.78 is 1.94. The third-order valence-corrected chi connectivity index (χ3v) is 2.66. The molecule has 1 N–H and O–H groups in total. The molecule has 0 unspecified atom stereocenters. The van der Waals surface area contributed by atoms with Crippen molar-refractivity contribution < 1.29 is 0 Å². The van der Waals surface area contributed by atoms with E-state index >= 15 is 0 Å². The summed E-state index contributed by atoms with van der Waals surface area (Å²) in [6.45, 7) is 4.21. The highest BCUT2D eigenvalue weighted by Crippen LogP contribution is 2.17. The maximum absolute atomic E-state index is 4.06. The van der Waals surface area contributed by atoms with Crippen molar-refractivity contribution >= 4 is 17.4 Å². The van der Waals surface area contributed by atoms with E-state index in [9.17, 15) is 0 Å². The standard InChI is InChI=1S/C8H12N4S/c1-3-6-9-10-7-5-8(13-4-2)11-12(6)7/h5,11H,3-4H2,1-2H3. The minimum atomic E-state index is 0.901. The summed E-state index contributed by atoms with van der Waals surface area (Å²) in [6.07, 6.45) is 0.901. The van der Waals surface area contributed by atoms with E-state index in [2.05, 4.69) is 29.1 Å². The maximum atomic E-state index is 4.06. The number of hydrogen-bond donors (Lipinski definition) is 1. The predicted octanol–water partition coefficient (Wildman–Crippen LogP) is 1.73. The molecule has 0 radical (unpaired) electrons. The second-order valence-electron chi connectivity index (χ2n) is 2.72. The molecule has 2 aromatic rings. The number of nitrogens with zero attached hydrogens (tertiary/aromatic N) is 3. The number of aryl methyl sites for hydroxylation is 1. The molecule has 2 aromatic heterocycles. The summed E-state index contributed by atoms with van der Waals surface area (Å²) in [7, 11) is 0. The van der Waals surface area contributed by atoms with Crippen LogP contribution in [0.1, 0.15) is 19.7 Å². The zero-order chi connectivity index (χ0) is 9.26. The smallest absolute Gasteiger partial charge is 0.178 e.